The van der Waals surface area contributed by atoms with Gasteiger partial charge >= 0.3 is 0 Å². The van der Waals surface area contributed by atoms with Crippen molar-refractivity contribution in [2.75, 3.05) is 0 Å². The SMILES string of the molecule is CCc1cc(COc2cccc3ccccc23)n(C)n1. The van der Waals surface area contributed by atoms with Gasteiger partial charge in [-0.1, -0.05) is 43.3 Å². The third kappa shape index (κ3) is 2.39. The summed E-state index contributed by atoms with van der Waals surface area (Å²) in [5, 5.41) is 6.78. The third-order valence-electron chi connectivity index (χ3n) is 3.51. The van der Waals surface area contributed by atoms with Crippen molar-refractivity contribution in [2.45, 2.75) is 20.0 Å². The van der Waals surface area contributed by atoms with Gasteiger partial charge in [-0.15, -0.1) is 0 Å². The molecule has 0 N–H and O–H groups in total. The molecule has 0 unspecified atom stereocenters. The lowest BCUT2D eigenvalue weighted by Crippen LogP contribution is -2.03. The van der Waals surface area contributed by atoms with E-state index in [1.807, 2.05) is 36.0 Å². The zero-order valence-electron chi connectivity index (χ0n) is 11.8. The molecule has 0 amide bonds. The van der Waals surface area contributed by atoms with Crippen LogP contribution in [0, 0.1) is 0 Å². The van der Waals surface area contributed by atoms with E-state index in [0.717, 1.165) is 28.9 Å². The second-order valence-electron chi connectivity index (χ2n) is 4.87. The molecular weight excluding hydrogens is 248 g/mol. The molecule has 0 atom stereocenters. The number of nitrogens with zero attached hydrogens (tertiary/aromatic N) is 2. The average Bonchev–Trinajstić information content (AvgIpc) is 2.85. The Balaban J connectivity index is 1.85. The minimum atomic E-state index is 0.539. The molecule has 0 aliphatic carbocycles. The normalized spacial score (nSPS) is 10.9. The molecular formula is C17H18N2O. The number of ether oxygens (including phenoxy) is 1. The summed E-state index contributed by atoms with van der Waals surface area (Å²) in [5.41, 5.74) is 2.19. The predicted molar refractivity (Wildman–Crippen MR) is 80.9 cm³/mol. The second-order valence-corrected chi connectivity index (χ2v) is 4.87. The Morgan fingerprint density at radius 1 is 1.10 bits per heavy atom. The first-order valence-corrected chi connectivity index (χ1v) is 6.90. The van der Waals surface area contributed by atoms with Crippen molar-refractivity contribution in [3.05, 3.63) is 59.9 Å². The smallest absolute Gasteiger partial charge is 0.130 e. The molecule has 0 bridgehead atoms. The van der Waals surface area contributed by atoms with E-state index < -0.39 is 0 Å². The third-order valence-corrected chi connectivity index (χ3v) is 3.51. The van der Waals surface area contributed by atoms with Gasteiger partial charge < -0.3 is 4.74 Å². The molecule has 0 saturated carbocycles. The van der Waals surface area contributed by atoms with Gasteiger partial charge in [-0.05, 0) is 23.9 Å². The van der Waals surface area contributed by atoms with Crippen molar-refractivity contribution >= 4 is 10.8 Å². The summed E-state index contributed by atoms with van der Waals surface area (Å²) < 4.78 is 7.88. The van der Waals surface area contributed by atoms with E-state index in [1.54, 1.807) is 0 Å². The van der Waals surface area contributed by atoms with Gasteiger partial charge in [0.25, 0.3) is 0 Å². The highest BCUT2D eigenvalue weighted by molar-refractivity contribution is 5.88. The van der Waals surface area contributed by atoms with Crippen molar-refractivity contribution in [1.82, 2.24) is 9.78 Å². The molecule has 0 spiro atoms. The average molecular weight is 266 g/mol. The maximum Gasteiger partial charge on any atom is 0.130 e. The van der Waals surface area contributed by atoms with Gasteiger partial charge in [0.15, 0.2) is 0 Å². The number of fused-ring (bicyclic) bond motifs is 1. The maximum absolute atomic E-state index is 5.98. The topological polar surface area (TPSA) is 27.1 Å². The quantitative estimate of drug-likeness (QED) is 0.719. The largest absolute Gasteiger partial charge is 0.487 e. The Kier molecular flexibility index (Phi) is 3.42. The van der Waals surface area contributed by atoms with E-state index in [-0.39, 0.29) is 0 Å². The lowest BCUT2D eigenvalue weighted by atomic mass is 10.1. The van der Waals surface area contributed by atoms with Crippen LogP contribution in [0.5, 0.6) is 5.75 Å². The van der Waals surface area contributed by atoms with Gasteiger partial charge in [-0.2, -0.15) is 5.10 Å². The fraction of sp³-hybridized carbons (Fsp3) is 0.235. The molecule has 102 valence electrons. The van der Waals surface area contributed by atoms with Crippen LogP contribution in [-0.4, -0.2) is 9.78 Å². The molecule has 3 heteroatoms. The molecule has 0 aliphatic heterocycles. The summed E-state index contributed by atoms with van der Waals surface area (Å²) in [6.45, 7) is 2.65. The number of hydrogen-bond donors (Lipinski definition) is 0. The zero-order chi connectivity index (χ0) is 13.9. The highest BCUT2D eigenvalue weighted by Crippen LogP contribution is 2.25. The minimum absolute atomic E-state index is 0.539. The minimum Gasteiger partial charge on any atom is -0.487 e. The first-order chi connectivity index (χ1) is 9.78. The van der Waals surface area contributed by atoms with Crippen LogP contribution in [0.1, 0.15) is 18.3 Å². The molecule has 3 rings (SSSR count). The van der Waals surface area contributed by atoms with Crippen LogP contribution in [-0.2, 0) is 20.1 Å². The highest BCUT2D eigenvalue weighted by Gasteiger charge is 2.06. The first-order valence-electron chi connectivity index (χ1n) is 6.90. The summed E-state index contributed by atoms with van der Waals surface area (Å²) >= 11 is 0. The molecule has 3 nitrogen and oxygen atoms in total. The van der Waals surface area contributed by atoms with Crippen molar-refractivity contribution in [3.63, 3.8) is 0 Å². The summed E-state index contributed by atoms with van der Waals surface area (Å²) in [6, 6.07) is 16.5. The Hall–Kier alpha value is -2.29. The lowest BCUT2D eigenvalue weighted by molar-refractivity contribution is 0.298. The monoisotopic (exact) mass is 266 g/mol. The maximum atomic E-state index is 5.98. The number of hydrogen-bond acceptors (Lipinski definition) is 2. The molecule has 0 fully saturated rings. The predicted octanol–water partition coefficient (Wildman–Crippen LogP) is 3.71. The lowest BCUT2D eigenvalue weighted by Gasteiger charge is -2.09. The number of aromatic nitrogens is 2. The Morgan fingerprint density at radius 3 is 2.70 bits per heavy atom. The molecule has 0 aliphatic rings. The van der Waals surface area contributed by atoms with Crippen molar-refractivity contribution in [3.8, 4) is 5.75 Å². The van der Waals surface area contributed by atoms with Crippen molar-refractivity contribution in [1.29, 1.82) is 0 Å². The van der Waals surface area contributed by atoms with Crippen LogP contribution in [0.25, 0.3) is 10.8 Å². The van der Waals surface area contributed by atoms with Gasteiger partial charge in [0.05, 0.1) is 11.4 Å². The van der Waals surface area contributed by atoms with Crippen LogP contribution in [0.3, 0.4) is 0 Å². The Morgan fingerprint density at radius 2 is 1.90 bits per heavy atom. The van der Waals surface area contributed by atoms with E-state index >= 15 is 0 Å². The zero-order valence-corrected chi connectivity index (χ0v) is 11.8. The van der Waals surface area contributed by atoms with Gasteiger partial charge in [-0.25, -0.2) is 0 Å². The summed E-state index contributed by atoms with van der Waals surface area (Å²) in [5.74, 6) is 0.919. The fourth-order valence-electron chi connectivity index (χ4n) is 2.35. The van der Waals surface area contributed by atoms with E-state index in [0.29, 0.717) is 6.61 Å². The molecule has 20 heavy (non-hydrogen) atoms. The van der Waals surface area contributed by atoms with Gasteiger partial charge in [0.1, 0.15) is 12.4 Å². The molecule has 0 radical (unpaired) electrons. The summed E-state index contributed by atoms with van der Waals surface area (Å²) in [6.07, 6.45) is 0.947. The number of benzene rings is 2. The van der Waals surface area contributed by atoms with Gasteiger partial charge in [0, 0.05) is 12.4 Å². The molecule has 0 saturated heterocycles. The van der Waals surface area contributed by atoms with Crippen molar-refractivity contribution in [2.24, 2.45) is 7.05 Å². The molecule has 3 aromatic rings. The Labute approximate surface area is 118 Å². The molecule has 2 aromatic carbocycles. The summed E-state index contributed by atoms with van der Waals surface area (Å²) in [4.78, 5) is 0. The Bertz CT molecular complexity index is 725. The van der Waals surface area contributed by atoms with Gasteiger partial charge in [0.2, 0.25) is 0 Å². The van der Waals surface area contributed by atoms with Crippen LogP contribution >= 0.6 is 0 Å². The highest BCUT2D eigenvalue weighted by atomic mass is 16.5. The van der Waals surface area contributed by atoms with Crippen LogP contribution in [0.2, 0.25) is 0 Å². The summed E-state index contributed by atoms with van der Waals surface area (Å²) in [7, 11) is 1.96. The van der Waals surface area contributed by atoms with E-state index in [9.17, 15) is 0 Å². The molecule has 1 heterocycles. The van der Waals surface area contributed by atoms with Crippen molar-refractivity contribution < 1.29 is 4.74 Å². The van der Waals surface area contributed by atoms with Crippen LogP contribution < -0.4 is 4.74 Å². The molecule has 1 aromatic heterocycles. The van der Waals surface area contributed by atoms with Gasteiger partial charge in [-0.3, -0.25) is 4.68 Å². The number of rotatable bonds is 4. The fourth-order valence-corrected chi connectivity index (χ4v) is 2.35. The number of aryl methyl sites for hydroxylation is 2. The van der Waals surface area contributed by atoms with E-state index in [4.69, 9.17) is 4.74 Å². The van der Waals surface area contributed by atoms with E-state index in [2.05, 4.69) is 36.3 Å². The van der Waals surface area contributed by atoms with Crippen LogP contribution in [0.15, 0.2) is 48.5 Å². The van der Waals surface area contributed by atoms with E-state index in [1.165, 1.54) is 5.39 Å². The second kappa shape index (κ2) is 5.37. The van der Waals surface area contributed by atoms with Crippen LogP contribution in [0.4, 0.5) is 0 Å². The first kappa shape index (κ1) is 12.7. The standard InChI is InChI=1S/C17H18N2O/c1-3-14-11-15(19(2)18-14)12-20-17-10-6-8-13-7-4-5-9-16(13)17/h4-11H,3,12H2,1-2H3.